The number of carbonyl (C=O) groups excluding carboxylic acids is 1. The highest BCUT2D eigenvalue weighted by molar-refractivity contribution is 6.24. The first-order valence-electron chi connectivity index (χ1n) is 4.05. The molecule has 2 N–H and O–H groups in total. The summed E-state index contributed by atoms with van der Waals surface area (Å²) in [4.78, 5) is 10.7. The lowest BCUT2D eigenvalue weighted by Crippen LogP contribution is -2.34. The molecule has 1 amide bonds. The summed E-state index contributed by atoms with van der Waals surface area (Å²) in [6, 6.07) is 0.245. The SMILES string of the molecule is CCC[C@@H](CC)NC(=O)C=N. The molecule has 3 heteroatoms. The number of rotatable bonds is 5. The lowest BCUT2D eigenvalue weighted by atomic mass is 10.1. The number of nitrogens with one attached hydrogen (secondary N) is 2. The molecule has 0 heterocycles. The van der Waals surface area contributed by atoms with Crippen molar-refractivity contribution < 1.29 is 4.79 Å². The Bertz CT molecular complexity index is 134. The molecule has 0 bridgehead atoms. The Kier molecular flexibility index (Phi) is 5.43. The topological polar surface area (TPSA) is 53.0 Å². The van der Waals surface area contributed by atoms with Crippen LogP contribution in [-0.2, 0) is 4.79 Å². The first-order valence-corrected chi connectivity index (χ1v) is 4.05. The summed E-state index contributed by atoms with van der Waals surface area (Å²) in [5.74, 6) is -0.287. The Balaban J connectivity index is 3.67. The largest absolute Gasteiger partial charge is 0.349 e. The normalized spacial score (nSPS) is 12.2. The first kappa shape index (κ1) is 10.1. The van der Waals surface area contributed by atoms with Gasteiger partial charge in [-0.25, -0.2) is 0 Å². The summed E-state index contributed by atoms with van der Waals surface area (Å²) in [6.45, 7) is 4.11. The van der Waals surface area contributed by atoms with E-state index >= 15 is 0 Å². The Hall–Kier alpha value is -0.860. The van der Waals surface area contributed by atoms with E-state index in [0.717, 1.165) is 25.5 Å². The van der Waals surface area contributed by atoms with E-state index in [1.54, 1.807) is 0 Å². The number of hydrogen-bond acceptors (Lipinski definition) is 2. The van der Waals surface area contributed by atoms with Crippen LogP contribution in [0.3, 0.4) is 0 Å². The van der Waals surface area contributed by atoms with Crippen LogP contribution in [-0.4, -0.2) is 18.2 Å². The van der Waals surface area contributed by atoms with Gasteiger partial charge in [-0.2, -0.15) is 0 Å². The van der Waals surface area contributed by atoms with Crippen molar-refractivity contribution in [2.75, 3.05) is 0 Å². The molecule has 1 atom stereocenters. The summed E-state index contributed by atoms with van der Waals surface area (Å²) in [5, 5.41) is 9.41. The molecule has 0 aromatic carbocycles. The van der Waals surface area contributed by atoms with Crippen molar-refractivity contribution in [1.82, 2.24) is 5.32 Å². The average Bonchev–Trinajstić information content (AvgIpc) is 2.03. The van der Waals surface area contributed by atoms with Gasteiger partial charge in [0.2, 0.25) is 0 Å². The van der Waals surface area contributed by atoms with Gasteiger partial charge in [-0.3, -0.25) is 4.79 Å². The molecule has 0 spiro atoms. The van der Waals surface area contributed by atoms with E-state index in [4.69, 9.17) is 5.41 Å². The van der Waals surface area contributed by atoms with Crippen molar-refractivity contribution in [3.63, 3.8) is 0 Å². The van der Waals surface area contributed by atoms with Gasteiger partial charge in [-0.15, -0.1) is 0 Å². The molecule has 0 saturated carbocycles. The molecular weight excluding hydrogens is 140 g/mol. The van der Waals surface area contributed by atoms with Crippen molar-refractivity contribution in [2.24, 2.45) is 0 Å². The minimum atomic E-state index is -0.287. The van der Waals surface area contributed by atoms with Crippen molar-refractivity contribution >= 4 is 12.1 Å². The molecule has 0 aromatic rings. The summed E-state index contributed by atoms with van der Waals surface area (Å²) >= 11 is 0. The van der Waals surface area contributed by atoms with Crippen molar-refractivity contribution in [3.8, 4) is 0 Å². The monoisotopic (exact) mass is 156 g/mol. The molecule has 0 rings (SSSR count). The van der Waals surface area contributed by atoms with Crippen LogP contribution in [0.25, 0.3) is 0 Å². The third-order valence-corrected chi connectivity index (χ3v) is 1.61. The Labute approximate surface area is 67.7 Å². The molecule has 0 aromatic heterocycles. The van der Waals surface area contributed by atoms with Crippen LogP contribution >= 0.6 is 0 Å². The lowest BCUT2D eigenvalue weighted by molar-refractivity contribution is -0.115. The van der Waals surface area contributed by atoms with E-state index in [2.05, 4.69) is 12.2 Å². The van der Waals surface area contributed by atoms with Crippen LogP contribution in [0.5, 0.6) is 0 Å². The molecule has 0 radical (unpaired) electrons. The van der Waals surface area contributed by atoms with E-state index in [0.29, 0.717) is 0 Å². The standard InChI is InChI=1S/C8H16N2O/c1-3-5-7(4-2)10-8(11)6-9/h6-7,9H,3-5H2,1-2H3,(H,10,11)/t7-/m1/s1. The van der Waals surface area contributed by atoms with Gasteiger partial charge < -0.3 is 10.7 Å². The smallest absolute Gasteiger partial charge is 0.261 e. The molecule has 0 fully saturated rings. The predicted octanol–water partition coefficient (Wildman–Crippen LogP) is 1.33. The molecule has 0 aliphatic rings. The highest BCUT2D eigenvalue weighted by atomic mass is 16.1. The minimum absolute atomic E-state index is 0.245. The van der Waals surface area contributed by atoms with E-state index < -0.39 is 0 Å². The van der Waals surface area contributed by atoms with Gasteiger partial charge in [0.1, 0.15) is 0 Å². The molecular formula is C8H16N2O. The quantitative estimate of drug-likeness (QED) is 0.580. The van der Waals surface area contributed by atoms with Crippen LogP contribution < -0.4 is 5.32 Å². The fourth-order valence-corrected chi connectivity index (χ4v) is 0.970. The highest BCUT2D eigenvalue weighted by Crippen LogP contribution is 1.99. The van der Waals surface area contributed by atoms with Gasteiger partial charge in [0.25, 0.3) is 5.91 Å². The second-order valence-corrected chi connectivity index (χ2v) is 2.55. The molecule has 0 aliphatic heterocycles. The summed E-state index contributed by atoms with van der Waals surface area (Å²) in [7, 11) is 0. The second kappa shape index (κ2) is 5.89. The van der Waals surface area contributed by atoms with Crippen LogP contribution in [0.15, 0.2) is 0 Å². The highest BCUT2D eigenvalue weighted by Gasteiger charge is 2.05. The van der Waals surface area contributed by atoms with E-state index in [-0.39, 0.29) is 11.9 Å². The maximum Gasteiger partial charge on any atom is 0.261 e. The van der Waals surface area contributed by atoms with Crippen molar-refractivity contribution in [2.45, 2.75) is 39.2 Å². The molecule has 3 nitrogen and oxygen atoms in total. The predicted molar refractivity (Wildman–Crippen MR) is 45.9 cm³/mol. The number of amides is 1. The van der Waals surface area contributed by atoms with Gasteiger partial charge in [-0.05, 0) is 12.8 Å². The molecule has 11 heavy (non-hydrogen) atoms. The van der Waals surface area contributed by atoms with Crippen LogP contribution in [0, 0.1) is 5.41 Å². The van der Waals surface area contributed by atoms with Crippen molar-refractivity contribution in [3.05, 3.63) is 0 Å². The van der Waals surface area contributed by atoms with Crippen LogP contribution in [0.1, 0.15) is 33.1 Å². The summed E-state index contributed by atoms with van der Waals surface area (Å²) < 4.78 is 0. The third kappa shape index (κ3) is 4.53. The summed E-state index contributed by atoms with van der Waals surface area (Å²) in [5.41, 5.74) is 0. The Morgan fingerprint density at radius 1 is 1.64 bits per heavy atom. The van der Waals surface area contributed by atoms with E-state index in [9.17, 15) is 4.79 Å². The van der Waals surface area contributed by atoms with Gasteiger partial charge in [0, 0.05) is 6.04 Å². The average molecular weight is 156 g/mol. The van der Waals surface area contributed by atoms with Crippen LogP contribution in [0.4, 0.5) is 0 Å². The molecule has 0 unspecified atom stereocenters. The van der Waals surface area contributed by atoms with Gasteiger partial charge in [0.15, 0.2) is 0 Å². The van der Waals surface area contributed by atoms with Gasteiger partial charge in [-0.1, -0.05) is 20.3 Å². The third-order valence-electron chi connectivity index (χ3n) is 1.61. The van der Waals surface area contributed by atoms with Crippen molar-refractivity contribution in [1.29, 1.82) is 5.41 Å². The zero-order valence-electron chi connectivity index (χ0n) is 7.18. The molecule has 0 saturated heterocycles. The zero-order chi connectivity index (χ0) is 8.69. The number of hydrogen-bond donors (Lipinski definition) is 2. The maximum absolute atomic E-state index is 10.7. The van der Waals surface area contributed by atoms with Crippen LogP contribution in [0.2, 0.25) is 0 Å². The maximum atomic E-state index is 10.7. The Morgan fingerprint density at radius 2 is 2.27 bits per heavy atom. The molecule has 64 valence electrons. The fourth-order valence-electron chi connectivity index (χ4n) is 0.970. The lowest BCUT2D eigenvalue weighted by Gasteiger charge is -2.13. The zero-order valence-corrected chi connectivity index (χ0v) is 7.18. The first-order chi connectivity index (χ1) is 5.24. The van der Waals surface area contributed by atoms with Gasteiger partial charge in [0.05, 0.1) is 6.21 Å². The van der Waals surface area contributed by atoms with E-state index in [1.807, 2.05) is 6.92 Å². The fraction of sp³-hybridized carbons (Fsp3) is 0.750. The van der Waals surface area contributed by atoms with E-state index in [1.165, 1.54) is 0 Å². The number of carbonyl (C=O) groups is 1. The second-order valence-electron chi connectivity index (χ2n) is 2.55. The minimum Gasteiger partial charge on any atom is -0.349 e. The summed E-state index contributed by atoms with van der Waals surface area (Å²) in [6.07, 6.45) is 3.82. The van der Waals surface area contributed by atoms with Gasteiger partial charge >= 0.3 is 0 Å². The Morgan fingerprint density at radius 3 is 2.64 bits per heavy atom. The molecule has 0 aliphatic carbocycles.